The first-order valence-electron chi connectivity index (χ1n) is 4.60. The topological polar surface area (TPSA) is 26.0 Å². The zero-order valence-corrected chi connectivity index (χ0v) is 8.13. The van der Waals surface area contributed by atoms with E-state index >= 15 is 0 Å². The molecule has 1 rings (SSSR count). The maximum absolute atomic E-state index is 13.2. The molecular formula is C11H16FN. The van der Waals surface area contributed by atoms with Crippen molar-refractivity contribution in [2.24, 2.45) is 11.7 Å². The Balaban J connectivity index is 2.69. The molecule has 0 amide bonds. The van der Waals surface area contributed by atoms with Gasteiger partial charge in [-0.3, -0.25) is 0 Å². The molecule has 0 saturated heterocycles. The summed E-state index contributed by atoms with van der Waals surface area (Å²) in [5, 5.41) is 0. The van der Waals surface area contributed by atoms with Gasteiger partial charge in [0.1, 0.15) is 5.82 Å². The predicted octanol–water partition coefficient (Wildman–Crippen LogP) is 2.35. The highest BCUT2D eigenvalue weighted by atomic mass is 19.1. The van der Waals surface area contributed by atoms with Crippen LogP contribution in [0.5, 0.6) is 0 Å². The number of benzene rings is 1. The molecular weight excluding hydrogens is 165 g/mol. The molecule has 0 aromatic heterocycles. The summed E-state index contributed by atoms with van der Waals surface area (Å²) in [6, 6.07) is 6.84. The zero-order valence-electron chi connectivity index (χ0n) is 8.13. The van der Waals surface area contributed by atoms with Crippen LogP contribution in [-0.2, 0) is 6.42 Å². The fourth-order valence-electron chi connectivity index (χ4n) is 1.15. The Morgan fingerprint density at radius 2 is 1.92 bits per heavy atom. The van der Waals surface area contributed by atoms with E-state index in [0.29, 0.717) is 17.9 Å². The SMILES string of the molecule is CC(C)C(N)Cc1ccccc1F. The van der Waals surface area contributed by atoms with E-state index in [1.54, 1.807) is 12.1 Å². The first kappa shape index (κ1) is 10.2. The molecule has 0 aliphatic heterocycles. The Labute approximate surface area is 78.8 Å². The second-order valence-electron chi connectivity index (χ2n) is 3.70. The normalized spacial score (nSPS) is 13.3. The lowest BCUT2D eigenvalue weighted by molar-refractivity contribution is 0.480. The molecule has 0 fully saturated rings. The van der Waals surface area contributed by atoms with Crippen LogP contribution in [0.4, 0.5) is 4.39 Å². The van der Waals surface area contributed by atoms with E-state index in [9.17, 15) is 4.39 Å². The second kappa shape index (κ2) is 4.38. The van der Waals surface area contributed by atoms with Crippen LogP contribution in [-0.4, -0.2) is 6.04 Å². The van der Waals surface area contributed by atoms with Crippen molar-refractivity contribution in [3.05, 3.63) is 35.6 Å². The summed E-state index contributed by atoms with van der Waals surface area (Å²) in [4.78, 5) is 0. The molecule has 72 valence electrons. The van der Waals surface area contributed by atoms with E-state index in [2.05, 4.69) is 0 Å². The predicted molar refractivity (Wildman–Crippen MR) is 52.9 cm³/mol. The van der Waals surface area contributed by atoms with Crippen molar-refractivity contribution < 1.29 is 4.39 Å². The number of hydrogen-bond acceptors (Lipinski definition) is 1. The Bertz CT molecular complexity index is 271. The summed E-state index contributed by atoms with van der Waals surface area (Å²) < 4.78 is 13.2. The fourth-order valence-corrected chi connectivity index (χ4v) is 1.15. The maximum atomic E-state index is 13.2. The van der Waals surface area contributed by atoms with Crippen molar-refractivity contribution in [3.8, 4) is 0 Å². The van der Waals surface area contributed by atoms with Gasteiger partial charge in [0.2, 0.25) is 0 Å². The summed E-state index contributed by atoms with van der Waals surface area (Å²) in [6.45, 7) is 4.09. The highest BCUT2D eigenvalue weighted by Crippen LogP contribution is 2.11. The molecule has 0 heterocycles. The molecule has 1 atom stereocenters. The van der Waals surface area contributed by atoms with Gasteiger partial charge in [0, 0.05) is 6.04 Å². The van der Waals surface area contributed by atoms with Gasteiger partial charge in [-0.25, -0.2) is 4.39 Å². The molecule has 13 heavy (non-hydrogen) atoms. The largest absolute Gasteiger partial charge is 0.327 e. The Morgan fingerprint density at radius 3 is 2.46 bits per heavy atom. The Hall–Kier alpha value is -0.890. The monoisotopic (exact) mass is 181 g/mol. The Kier molecular flexibility index (Phi) is 3.43. The average molecular weight is 181 g/mol. The lowest BCUT2D eigenvalue weighted by atomic mass is 9.97. The van der Waals surface area contributed by atoms with Crippen molar-refractivity contribution in [1.82, 2.24) is 0 Å². The van der Waals surface area contributed by atoms with E-state index < -0.39 is 0 Å². The molecule has 0 saturated carbocycles. The molecule has 0 aliphatic carbocycles. The van der Waals surface area contributed by atoms with Gasteiger partial charge in [0.15, 0.2) is 0 Å². The van der Waals surface area contributed by atoms with Crippen molar-refractivity contribution in [3.63, 3.8) is 0 Å². The second-order valence-corrected chi connectivity index (χ2v) is 3.70. The lowest BCUT2D eigenvalue weighted by Gasteiger charge is -2.15. The molecule has 0 aliphatic rings. The van der Waals surface area contributed by atoms with E-state index in [1.165, 1.54) is 6.07 Å². The molecule has 0 radical (unpaired) electrons. The van der Waals surface area contributed by atoms with Gasteiger partial charge in [0.05, 0.1) is 0 Å². The molecule has 1 aromatic carbocycles. The van der Waals surface area contributed by atoms with E-state index in [0.717, 1.165) is 0 Å². The van der Waals surface area contributed by atoms with Gasteiger partial charge >= 0.3 is 0 Å². The van der Waals surface area contributed by atoms with Crippen molar-refractivity contribution in [1.29, 1.82) is 0 Å². The highest BCUT2D eigenvalue weighted by molar-refractivity contribution is 5.18. The molecule has 1 aromatic rings. The molecule has 1 unspecified atom stereocenters. The van der Waals surface area contributed by atoms with Gasteiger partial charge in [-0.05, 0) is 24.0 Å². The number of hydrogen-bond donors (Lipinski definition) is 1. The smallest absolute Gasteiger partial charge is 0.126 e. The van der Waals surface area contributed by atoms with Crippen LogP contribution in [0.25, 0.3) is 0 Å². The summed E-state index contributed by atoms with van der Waals surface area (Å²) >= 11 is 0. The minimum Gasteiger partial charge on any atom is -0.327 e. The first-order chi connectivity index (χ1) is 6.11. The summed E-state index contributed by atoms with van der Waals surface area (Å²) in [7, 11) is 0. The zero-order chi connectivity index (χ0) is 9.84. The van der Waals surface area contributed by atoms with Crippen LogP contribution >= 0.6 is 0 Å². The maximum Gasteiger partial charge on any atom is 0.126 e. The summed E-state index contributed by atoms with van der Waals surface area (Å²) in [5.74, 6) is 0.234. The summed E-state index contributed by atoms with van der Waals surface area (Å²) in [6.07, 6.45) is 0.615. The molecule has 1 nitrogen and oxygen atoms in total. The van der Waals surface area contributed by atoms with Crippen LogP contribution in [0.1, 0.15) is 19.4 Å². The van der Waals surface area contributed by atoms with Crippen molar-refractivity contribution in [2.45, 2.75) is 26.3 Å². The quantitative estimate of drug-likeness (QED) is 0.761. The lowest BCUT2D eigenvalue weighted by Crippen LogP contribution is -2.29. The van der Waals surface area contributed by atoms with Crippen LogP contribution in [0.15, 0.2) is 24.3 Å². The summed E-state index contributed by atoms with van der Waals surface area (Å²) in [5.41, 5.74) is 6.56. The number of nitrogens with two attached hydrogens (primary N) is 1. The fraction of sp³-hybridized carbons (Fsp3) is 0.455. The van der Waals surface area contributed by atoms with Crippen LogP contribution < -0.4 is 5.73 Å². The average Bonchev–Trinajstić information content (AvgIpc) is 2.08. The Morgan fingerprint density at radius 1 is 1.31 bits per heavy atom. The van der Waals surface area contributed by atoms with E-state index in [-0.39, 0.29) is 11.9 Å². The van der Waals surface area contributed by atoms with Crippen molar-refractivity contribution >= 4 is 0 Å². The van der Waals surface area contributed by atoms with Gasteiger partial charge in [0.25, 0.3) is 0 Å². The van der Waals surface area contributed by atoms with Crippen LogP contribution in [0, 0.1) is 11.7 Å². The number of rotatable bonds is 3. The number of halogens is 1. The highest BCUT2D eigenvalue weighted by Gasteiger charge is 2.10. The van der Waals surface area contributed by atoms with Crippen LogP contribution in [0.3, 0.4) is 0 Å². The molecule has 0 bridgehead atoms. The molecule has 2 heteroatoms. The standard InChI is InChI=1S/C11H16FN/c1-8(2)11(13)7-9-5-3-4-6-10(9)12/h3-6,8,11H,7,13H2,1-2H3. The van der Waals surface area contributed by atoms with Gasteiger partial charge in [-0.1, -0.05) is 32.0 Å². The van der Waals surface area contributed by atoms with Gasteiger partial charge < -0.3 is 5.73 Å². The van der Waals surface area contributed by atoms with Crippen molar-refractivity contribution in [2.75, 3.05) is 0 Å². The van der Waals surface area contributed by atoms with E-state index in [1.807, 2.05) is 19.9 Å². The van der Waals surface area contributed by atoms with Gasteiger partial charge in [-0.15, -0.1) is 0 Å². The molecule has 0 spiro atoms. The van der Waals surface area contributed by atoms with Crippen LogP contribution in [0.2, 0.25) is 0 Å². The third-order valence-corrected chi connectivity index (χ3v) is 2.27. The third-order valence-electron chi connectivity index (χ3n) is 2.27. The minimum absolute atomic E-state index is 0.0388. The van der Waals surface area contributed by atoms with Gasteiger partial charge in [-0.2, -0.15) is 0 Å². The molecule has 2 N–H and O–H groups in total. The first-order valence-corrected chi connectivity index (χ1v) is 4.60. The van der Waals surface area contributed by atoms with E-state index in [4.69, 9.17) is 5.73 Å². The minimum atomic E-state index is -0.154. The third kappa shape index (κ3) is 2.81.